The molecule has 102 valence electrons. The van der Waals surface area contributed by atoms with E-state index in [0.29, 0.717) is 13.1 Å². The molecule has 8 heteroatoms. The second-order valence-corrected chi connectivity index (χ2v) is 5.70. The van der Waals surface area contributed by atoms with Crippen LogP contribution in [0, 0.1) is 0 Å². The van der Waals surface area contributed by atoms with Gasteiger partial charge in [0.25, 0.3) is 15.9 Å². The fourth-order valence-electron chi connectivity index (χ4n) is 1.17. The van der Waals surface area contributed by atoms with Crippen LogP contribution in [0.3, 0.4) is 0 Å². The molecule has 0 fully saturated rings. The number of carbonyl (C=O) groups is 1. The summed E-state index contributed by atoms with van der Waals surface area (Å²) in [5.41, 5.74) is 0. The zero-order valence-corrected chi connectivity index (χ0v) is 11.4. The minimum absolute atomic E-state index is 0.0254. The topological polar surface area (TPSA) is 91.6 Å². The van der Waals surface area contributed by atoms with Gasteiger partial charge in [-0.3, -0.25) is 4.79 Å². The Morgan fingerprint density at radius 1 is 1.39 bits per heavy atom. The minimum atomic E-state index is -3.65. The van der Waals surface area contributed by atoms with E-state index in [1.54, 1.807) is 0 Å². The smallest absolute Gasteiger partial charge is 0.287 e. The van der Waals surface area contributed by atoms with Gasteiger partial charge in [-0.25, -0.2) is 13.1 Å². The summed E-state index contributed by atoms with van der Waals surface area (Å²) in [5, 5.41) is 2.35. The Balaban J connectivity index is 2.66. The molecular weight excluding hydrogens is 258 g/mol. The molecule has 1 amide bonds. The van der Waals surface area contributed by atoms with E-state index in [1.807, 2.05) is 19.0 Å². The first-order valence-corrected chi connectivity index (χ1v) is 6.81. The van der Waals surface area contributed by atoms with Gasteiger partial charge in [-0.05, 0) is 33.3 Å². The number of likely N-dealkylation sites (N-methyl/N-ethyl adjacent to an activating group) is 1. The van der Waals surface area contributed by atoms with E-state index in [0.717, 1.165) is 0 Å². The van der Waals surface area contributed by atoms with Crippen molar-refractivity contribution >= 4 is 15.9 Å². The SMILES string of the molecule is CNS(=O)(=O)c1ccc(C(=O)NCCN(C)C)o1. The molecule has 0 aliphatic rings. The number of rotatable bonds is 6. The summed E-state index contributed by atoms with van der Waals surface area (Å²) < 4.78 is 29.9. The number of hydrogen-bond acceptors (Lipinski definition) is 5. The lowest BCUT2D eigenvalue weighted by Gasteiger charge is -2.09. The molecule has 0 aliphatic carbocycles. The van der Waals surface area contributed by atoms with Crippen molar-refractivity contribution in [3.05, 3.63) is 17.9 Å². The lowest BCUT2D eigenvalue weighted by molar-refractivity contribution is 0.0918. The Kier molecular flexibility index (Phi) is 4.88. The molecule has 1 heterocycles. The summed E-state index contributed by atoms with van der Waals surface area (Å²) in [4.78, 5) is 13.5. The number of sulfonamides is 1. The first-order chi connectivity index (χ1) is 8.36. The number of furan rings is 1. The summed E-state index contributed by atoms with van der Waals surface area (Å²) >= 11 is 0. The molecule has 0 aromatic carbocycles. The van der Waals surface area contributed by atoms with Crippen LogP contribution in [-0.2, 0) is 10.0 Å². The highest BCUT2D eigenvalue weighted by molar-refractivity contribution is 7.89. The molecule has 0 aliphatic heterocycles. The molecule has 0 unspecified atom stereocenters. The normalized spacial score (nSPS) is 11.8. The van der Waals surface area contributed by atoms with Gasteiger partial charge in [0, 0.05) is 13.1 Å². The van der Waals surface area contributed by atoms with Crippen molar-refractivity contribution in [2.45, 2.75) is 5.09 Å². The molecule has 0 bridgehead atoms. The molecule has 0 saturated carbocycles. The van der Waals surface area contributed by atoms with Gasteiger partial charge in [-0.2, -0.15) is 0 Å². The van der Waals surface area contributed by atoms with Gasteiger partial charge in [0.05, 0.1) is 0 Å². The molecule has 1 aromatic heterocycles. The maximum Gasteiger partial charge on any atom is 0.287 e. The zero-order valence-electron chi connectivity index (χ0n) is 10.6. The van der Waals surface area contributed by atoms with E-state index >= 15 is 0 Å². The third-order valence-corrected chi connectivity index (χ3v) is 3.47. The maximum atomic E-state index is 11.6. The Hall–Kier alpha value is -1.38. The van der Waals surface area contributed by atoms with Crippen LogP contribution >= 0.6 is 0 Å². The molecular formula is C10H17N3O4S. The summed E-state index contributed by atoms with van der Waals surface area (Å²) in [7, 11) is 1.39. The number of carbonyl (C=O) groups excluding carboxylic acids is 1. The predicted octanol–water partition coefficient (Wildman–Crippen LogP) is -0.521. The fraction of sp³-hybridized carbons (Fsp3) is 0.500. The van der Waals surface area contributed by atoms with E-state index in [2.05, 4.69) is 10.0 Å². The summed E-state index contributed by atoms with van der Waals surface area (Å²) in [6.45, 7) is 1.15. The van der Waals surface area contributed by atoms with Crippen LogP contribution in [0.2, 0.25) is 0 Å². The monoisotopic (exact) mass is 275 g/mol. The Morgan fingerprint density at radius 3 is 2.61 bits per heavy atom. The second-order valence-electron chi connectivity index (χ2n) is 3.89. The Labute approximate surface area is 106 Å². The third kappa shape index (κ3) is 3.83. The Morgan fingerprint density at radius 2 is 2.06 bits per heavy atom. The Bertz CT molecular complexity index is 507. The van der Waals surface area contributed by atoms with Crippen LogP contribution < -0.4 is 10.0 Å². The van der Waals surface area contributed by atoms with Gasteiger partial charge in [0.2, 0.25) is 5.09 Å². The summed E-state index contributed by atoms with van der Waals surface area (Å²) in [6.07, 6.45) is 0. The second kappa shape index (κ2) is 5.98. The van der Waals surface area contributed by atoms with Gasteiger partial charge in [0.1, 0.15) is 0 Å². The predicted molar refractivity (Wildman–Crippen MR) is 65.8 cm³/mol. The van der Waals surface area contributed by atoms with Crippen molar-refractivity contribution < 1.29 is 17.6 Å². The van der Waals surface area contributed by atoms with Gasteiger partial charge >= 0.3 is 0 Å². The summed E-state index contributed by atoms with van der Waals surface area (Å²) in [6, 6.07) is 2.57. The number of hydrogen-bond donors (Lipinski definition) is 2. The minimum Gasteiger partial charge on any atom is -0.438 e. The van der Waals surface area contributed by atoms with Crippen LogP contribution in [-0.4, -0.2) is 53.5 Å². The third-order valence-electron chi connectivity index (χ3n) is 2.18. The maximum absolute atomic E-state index is 11.6. The van der Waals surface area contributed by atoms with Crippen LogP contribution in [0.4, 0.5) is 0 Å². The number of nitrogens with zero attached hydrogens (tertiary/aromatic N) is 1. The van der Waals surface area contributed by atoms with Crippen molar-refractivity contribution in [2.75, 3.05) is 34.2 Å². The average molecular weight is 275 g/mol. The van der Waals surface area contributed by atoms with Crippen LogP contribution in [0.25, 0.3) is 0 Å². The summed E-state index contributed by atoms with van der Waals surface area (Å²) in [5.74, 6) is -0.461. The molecule has 1 aromatic rings. The molecule has 0 saturated heterocycles. The standard InChI is InChI=1S/C10H17N3O4S/c1-11-18(15,16)9-5-4-8(17-9)10(14)12-6-7-13(2)3/h4-5,11H,6-7H2,1-3H3,(H,12,14). The van der Waals surface area contributed by atoms with Crippen molar-refractivity contribution in [3.63, 3.8) is 0 Å². The van der Waals surface area contributed by atoms with Crippen molar-refractivity contribution in [1.29, 1.82) is 0 Å². The van der Waals surface area contributed by atoms with Gasteiger partial charge in [-0.1, -0.05) is 0 Å². The lowest BCUT2D eigenvalue weighted by atomic mass is 10.4. The number of amides is 1. The van der Waals surface area contributed by atoms with Gasteiger partial charge in [-0.15, -0.1) is 0 Å². The van der Waals surface area contributed by atoms with Crippen molar-refractivity contribution in [3.8, 4) is 0 Å². The lowest BCUT2D eigenvalue weighted by Crippen LogP contribution is -2.31. The fourth-order valence-corrected chi connectivity index (χ4v) is 1.82. The average Bonchev–Trinajstić information content (AvgIpc) is 2.78. The highest BCUT2D eigenvalue weighted by Gasteiger charge is 2.19. The van der Waals surface area contributed by atoms with Gasteiger partial charge in [0.15, 0.2) is 5.76 Å². The first kappa shape index (κ1) is 14.7. The van der Waals surface area contributed by atoms with E-state index in [9.17, 15) is 13.2 Å². The van der Waals surface area contributed by atoms with Gasteiger partial charge < -0.3 is 14.6 Å². The quantitative estimate of drug-likeness (QED) is 0.729. The molecule has 18 heavy (non-hydrogen) atoms. The van der Waals surface area contributed by atoms with Crippen LogP contribution in [0.5, 0.6) is 0 Å². The largest absolute Gasteiger partial charge is 0.438 e. The van der Waals surface area contributed by atoms with Crippen molar-refractivity contribution in [1.82, 2.24) is 14.9 Å². The molecule has 2 N–H and O–H groups in total. The van der Waals surface area contributed by atoms with E-state index in [1.165, 1.54) is 19.2 Å². The van der Waals surface area contributed by atoms with Crippen LogP contribution in [0.15, 0.2) is 21.6 Å². The molecule has 0 spiro atoms. The molecule has 1 rings (SSSR count). The van der Waals surface area contributed by atoms with E-state index in [4.69, 9.17) is 4.42 Å². The highest BCUT2D eigenvalue weighted by Crippen LogP contribution is 2.13. The van der Waals surface area contributed by atoms with Crippen molar-refractivity contribution in [2.24, 2.45) is 0 Å². The van der Waals surface area contributed by atoms with E-state index in [-0.39, 0.29) is 10.9 Å². The number of nitrogens with one attached hydrogen (secondary N) is 2. The highest BCUT2D eigenvalue weighted by atomic mass is 32.2. The zero-order chi connectivity index (χ0) is 13.8. The van der Waals surface area contributed by atoms with E-state index < -0.39 is 15.9 Å². The molecule has 0 atom stereocenters. The van der Waals surface area contributed by atoms with Crippen LogP contribution in [0.1, 0.15) is 10.6 Å². The molecule has 0 radical (unpaired) electrons. The first-order valence-electron chi connectivity index (χ1n) is 5.33. The molecule has 7 nitrogen and oxygen atoms in total.